The van der Waals surface area contributed by atoms with Gasteiger partial charge in [0.1, 0.15) is 12.4 Å². The van der Waals surface area contributed by atoms with Crippen LogP contribution in [0, 0.1) is 5.92 Å². The molecule has 0 fully saturated rings. The highest BCUT2D eigenvalue weighted by atomic mass is 32.2. The molecule has 2 aromatic rings. The Morgan fingerprint density at radius 3 is 2.44 bits per heavy atom. The number of nitrogens with zero attached hydrogens (tertiary/aromatic N) is 1. The first kappa shape index (κ1) is 23.9. The summed E-state index contributed by atoms with van der Waals surface area (Å²) in [5.74, 6) is -0.711. The van der Waals surface area contributed by atoms with E-state index in [4.69, 9.17) is 9.47 Å². The summed E-state index contributed by atoms with van der Waals surface area (Å²) in [4.78, 5) is 28.9. The zero-order valence-electron chi connectivity index (χ0n) is 18.8. The van der Waals surface area contributed by atoms with Crippen molar-refractivity contribution >= 4 is 29.1 Å². The van der Waals surface area contributed by atoms with E-state index in [2.05, 4.69) is 0 Å². The van der Waals surface area contributed by atoms with Gasteiger partial charge in [-0.05, 0) is 42.5 Å². The van der Waals surface area contributed by atoms with Crippen molar-refractivity contribution in [1.29, 1.82) is 0 Å². The second-order valence-electron chi connectivity index (χ2n) is 7.94. The number of ketones is 1. The number of carbonyl (C=O) groups excluding carboxylic acids is 2. The Hall–Kier alpha value is -2.77. The predicted molar refractivity (Wildman–Crippen MR) is 126 cm³/mol. The molecule has 32 heavy (non-hydrogen) atoms. The topological polar surface area (TPSA) is 76.1 Å². The molecule has 0 aromatic heterocycles. The Bertz CT molecular complexity index is 1000. The lowest BCUT2D eigenvalue weighted by Crippen LogP contribution is -2.31. The highest BCUT2D eigenvalue weighted by molar-refractivity contribution is 7.98. The minimum Gasteiger partial charge on any atom is -0.503 e. The van der Waals surface area contributed by atoms with Gasteiger partial charge in [0, 0.05) is 29.7 Å². The summed E-state index contributed by atoms with van der Waals surface area (Å²) in [5, 5.41) is 10.8. The Balaban J connectivity index is 2.12. The van der Waals surface area contributed by atoms with Crippen LogP contribution in [0.1, 0.15) is 31.9 Å². The second kappa shape index (κ2) is 10.7. The van der Waals surface area contributed by atoms with Gasteiger partial charge in [0.2, 0.25) is 0 Å². The lowest BCUT2D eigenvalue weighted by molar-refractivity contribution is -0.118. The van der Waals surface area contributed by atoms with Crippen molar-refractivity contribution in [2.75, 3.05) is 31.5 Å². The summed E-state index contributed by atoms with van der Waals surface area (Å²) in [6, 6.07) is 14.0. The Morgan fingerprint density at radius 2 is 1.81 bits per heavy atom. The van der Waals surface area contributed by atoms with Crippen LogP contribution in [0.4, 0.5) is 5.69 Å². The van der Waals surface area contributed by atoms with Gasteiger partial charge < -0.3 is 14.6 Å². The molecule has 0 radical (unpaired) electrons. The molecule has 2 aromatic carbocycles. The van der Waals surface area contributed by atoms with Crippen LogP contribution < -0.4 is 9.64 Å². The van der Waals surface area contributed by atoms with Gasteiger partial charge in [-0.1, -0.05) is 32.0 Å². The molecule has 1 unspecified atom stereocenters. The fraction of sp³-hybridized carbons (Fsp3) is 0.360. The number of anilines is 1. The van der Waals surface area contributed by atoms with Crippen LogP contribution in [-0.4, -0.2) is 43.4 Å². The molecule has 1 aliphatic rings. The second-order valence-corrected chi connectivity index (χ2v) is 8.82. The SMILES string of the molecule is COCCOc1ccccc1C1C(C(=O)CC(C)C)=C(O)C(=O)N1c1ccc(SC)cc1. The van der Waals surface area contributed by atoms with Gasteiger partial charge >= 0.3 is 0 Å². The van der Waals surface area contributed by atoms with Gasteiger partial charge in [-0.25, -0.2) is 0 Å². The molecular weight excluding hydrogens is 426 g/mol. The minimum absolute atomic E-state index is 0.0849. The molecule has 1 atom stereocenters. The number of hydrogen-bond acceptors (Lipinski definition) is 6. The average molecular weight is 456 g/mol. The number of thioether (sulfide) groups is 1. The van der Waals surface area contributed by atoms with E-state index in [0.29, 0.717) is 30.2 Å². The molecule has 1 amide bonds. The number of methoxy groups -OCH3 is 1. The number of aliphatic hydroxyl groups is 1. The number of para-hydroxylation sites is 1. The van der Waals surface area contributed by atoms with Gasteiger partial charge in [0.05, 0.1) is 18.2 Å². The van der Waals surface area contributed by atoms with E-state index in [0.717, 1.165) is 4.90 Å². The third-order valence-electron chi connectivity index (χ3n) is 5.21. The summed E-state index contributed by atoms with van der Waals surface area (Å²) in [6.45, 7) is 4.59. The molecule has 6 nitrogen and oxygen atoms in total. The Labute approximate surface area is 193 Å². The smallest absolute Gasteiger partial charge is 0.294 e. The third-order valence-corrected chi connectivity index (χ3v) is 5.95. The molecule has 1 aliphatic heterocycles. The van der Waals surface area contributed by atoms with Crippen LogP contribution in [0.5, 0.6) is 5.75 Å². The molecule has 0 saturated heterocycles. The highest BCUT2D eigenvalue weighted by Crippen LogP contribution is 2.44. The molecule has 7 heteroatoms. The first-order chi connectivity index (χ1) is 15.4. The zero-order valence-corrected chi connectivity index (χ0v) is 19.6. The molecule has 1 heterocycles. The normalized spacial score (nSPS) is 16.2. The number of benzene rings is 2. The van der Waals surface area contributed by atoms with Crippen LogP contribution in [0.2, 0.25) is 0 Å². The minimum atomic E-state index is -0.785. The Kier molecular flexibility index (Phi) is 7.99. The number of aliphatic hydroxyl groups excluding tert-OH is 1. The lowest BCUT2D eigenvalue weighted by atomic mass is 9.91. The fourth-order valence-corrected chi connectivity index (χ4v) is 4.16. The van der Waals surface area contributed by atoms with Crippen LogP contribution in [-0.2, 0) is 14.3 Å². The molecule has 1 N–H and O–H groups in total. The third kappa shape index (κ3) is 5.00. The van der Waals surface area contributed by atoms with Gasteiger partial charge in [0.25, 0.3) is 5.91 Å². The average Bonchev–Trinajstić information content (AvgIpc) is 3.04. The summed E-state index contributed by atoms with van der Waals surface area (Å²) in [7, 11) is 1.59. The van der Waals surface area contributed by atoms with E-state index in [1.165, 1.54) is 4.90 Å². The van der Waals surface area contributed by atoms with Gasteiger partial charge in [-0.15, -0.1) is 11.8 Å². The summed E-state index contributed by atoms with van der Waals surface area (Å²) < 4.78 is 11.0. The number of carbonyl (C=O) groups is 2. The molecule has 3 rings (SSSR count). The van der Waals surface area contributed by atoms with Crippen LogP contribution in [0.15, 0.2) is 64.8 Å². The largest absolute Gasteiger partial charge is 0.503 e. The maximum Gasteiger partial charge on any atom is 0.294 e. The van der Waals surface area contributed by atoms with Crippen LogP contribution in [0.25, 0.3) is 0 Å². The van der Waals surface area contributed by atoms with E-state index in [9.17, 15) is 14.7 Å². The predicted octanol–water partition coefficient (Wildman–Crippen LogP) is 4.95. The van der Waals surface area contributed by atoms with Crippen molar-refractivity contribution in [3.05, 3.63) is 65.4 Å². The number of amides is 1. The van der Waals surface area contributed by atoms with Crippen LogP contribution >= 0.6 is 11.8 Å². The highest BCUT2D eigenvalue weighted by Gasteiger charge is 2.45. The number of rotatable bonds is 10. The Morgan fingerprint density at radius 1 is 1.12 bits per heavy atom. The quantitative estimate of drug-likeness (QED) is 0.404. The van der Waals surface area contributed by atoms with Crippen molar-refractivity contribution in [2.24, 2.45) is 5.92 Å². The van der Waals surface area contributed by atoms with Gasteiger partial charge in [-0.3, -0.25) is 14.5 Å². The van der Waals surface area contributed by atoms with Gasteiger partial charge in [0.15, 0.2) is 11.5 Å². The standard InChI is InChI=1S/C25H29NO5S/c1-16(2)15-20(27)22-23(19-7-5-6-8-21(19)31-14-13-30-3)26(25(29)24(22)28)17-9-11-18(32-4)12-10-17/h5-12,16,23,28H,13-15H2,1-4H3. The number of hydrogen-bond donors (Lipinski definition) is 1. The maximum absolute atomic E-state index is 13.2. The molecular formula is C25H29NO5S. The number of Topliss-reactive ketones (excluding diaryl/α,β-unsaturated/α-hetero) is 1. The van der Waals surface area contributed by atoms with Crippen molar-refractivity contribution in [1.82, 2.24) is 0 Å². The van der Waals surface area contributed by atoms with Crippen LogP contribution in [0.3, 0.4) is 0 Å². The monoisotopic (exact) mass is 455 g/mol. The number of ether oxygens (including phenoxy) is 2. The molecule has 170 valence electrons. The summed E-state index contributed by atoms with van der Waals surface area (Å²) in [5.41, 5.74) is 1.35. The summed E-state index contributed by atoms with van der Waals surface area (Å²) in [6.07, 6.45) is 2.21. The molecule has 0 bridgehead atoms. The molecule has 0 aliphatic carbocycles. The van der Waals surface area contributed by atoms with Crippen molar-refractivity contribution in [2.45, 2.75) is 31.2 Å². The van der Waals surface area contributed by atoms with E-state index in [1.807, 2.05) is 62.6 Å². The summed E-state index contributed by atoms with van der Waals surface area (Å²) >= 11 is 1.60. The van der Waals surface area contributed by atoms with Crippen molar-refractivity contribution in [3.8, 4) is 5.75 Å². The van der Waals surface area contributed by atoms with Crippen molar-refractivity contribution < 1.29 is 24.2 Å². The van der Waals surface area contributed by atoms with E-state index >= 15 is 0 Å². The van der Waals surface area contributed by atoms with Crippen molar-refractivity contribution in [3.63, 3.8) is 0 Å². The zero-order chi connectivity index (χ0) is 23.3. The first-order valence-corrected chi connectivity index (χ1v) is 11.8. The fourth-order valence-electron chi connectivity index (χ4n) is 3.75. The van der Waals surface area contributed by atoms with E-state index < -0.39 is 17.7 Å². The van der Waals surface area contributed by atoms with Gasteiger partial charge in [-0.2, -0.15) is 0 Å². The maximum atomic E-state index is 13.2. The van der Waals surface area contributed by atoms with E-state index in [-0.39, 0.29) is 23.7 Å². The first-order valence-electron chi connectivity index (χ1n) is 10.5. The molecule has 0 spiro atoms. The van der Waals surface area contributed by atoms with E-state index in [1.54, 1.807) is 24.9 Å². The molecule has 0 saturated carbocycles. The lowest BCUT2D eigenvalue weighted by Gasteiger charge is -2.28.